The molecular weight excluding hydrogens is 590 g/mol. The van der Waals surface area contributed by atoms with Crippen molar-refractivity contribution < 1.29 is 19.0 Å². The highest BCUT2D eigenvalue weighted by atomic mass is 16.6. The third-order valence-corrected chi connectivity index (χ3v) is 11.9. The van der Waals surface area contributed by atoms with E-state index in [-0.39, 0.29) is 22.7 Å². The van der Waals surface area contributed by atoms with Crippen LogP contribution < -0.4 is 9.64 Å². The van der Waals surface area contributed by atoms with Gasteiger partial charge in [0.15, 0.2) is 0 Å². The zero-order chi connectivity index (χ0) is 32.4. The first-order valence-corrected chi connectivity index (χ1v) is 17.8. The van der Waals surface area contributed by atoms with Crippen molar-refractivity contribution in [1.82, 2.24) is 14.8 Å². The number of fused-ring (bicyclic) bond motifs is 2. The number of carbonyl (C=O) groups is 1. The molecule has 0 N–H and O–H groups in total. The van der Waals surface area contributed by atoms with E-state index in [2.05, 4.69) is 51.1 Å². The number of benzene rings is 1. The van der Waals surface area contributed by atoms with Gasteiger partial charge in [-0.15, -0.1) is 0 Å². The van der Waals surface area contributed by atoms with Gasteiger partial charge in [0.1, 0.15) is 23.1 Å². The number of nitriles is 1. The molecule has 9 nitrogen and oxygen atoms in total. The SMILES string of the molecule is CC(C)(C)OC(=O)C12[C@@H]3CC[C@H]1[C@@H]2CN(c1nc(OCC2(CN4CCOCC4)CC2)c(C#N)c2c1CCN(Cc1ccccc1)C2)C3. The molecule has 5 fully saturated rings. The van der Waals surface area contributed by atoms with Crippen LogP contribution in [0.4, 0.5) is 5.82 Å². The molecule has 0 bridgehead atoms. The Morgan fingerprint density at radius 2 is 1.83 bits per heavy atom. The smallest absolute Gasteiger partial charge is 0.313 e. The summed E-state index contributed by atoms with van der Waals surface area (Å²) in [5.41, 5.74) is 3.43. The maximum atomic E-state index is 13.6. The van der Waals surface area contributed by atoms with Crippen molar-refractivity contribution in [2.24, 2.45) is 28.6 Å². The Morgan fingerprint density at radius 1 is 1.04 bits per heavy atom. The molecule has 3 aliphatic carbocycles. The number of anilines is 1. The molecule has 9 heteroatoms. The van der Waals surface area contributed by atoms with Gasteiger partial charge in [0.05, 0.1) is 25.2 Å². The van der Waals surface area contributed by atoms with Gasteiger partial charge in [0.2, 0.25) is 5.88 Å². The average molecular weight is 640 g/mol. The van der Waals surface area contributed by atoms with Gasteiger partial charge in [-0.2, -0.15) is 10.2 Å². The third-order valence-electron chi connectivity index (χ3n) is 11.9. The molecule has 3 saturated carbocycles. The van der Waals surface area contributed by atoms with Crippen LogP contribution in [0.15, 0.2) is 30.3 Å². The van der Waals surface area contributed by atoms with Crippen LogP contribution in [0.2, 0.25) is 0 Å². The Labute approximate surface area is 279 Å². The molecule has 6 aliphatic rings. The van der Waals surface area contributed by atoms with E-state index in [0.717, 1.165) is 103 Å². The number of hydrogen-bond donors (Lipinski definition) is 0. The van der Waals surface area contributed by atoms with E-state index >= 15 is 0 Å². The zero-order valence-corrected chi connectivity index (χ0v) is 28.3. The van der Waals surface area contributed by atoms with Gasteiger partial charge in [0.25, 0.3) is 0 Å². The van der Waals surface area contributed by atoms with Crippen LogP contribution in [0.1, 0.15) is 68.7 Å². The van der Waals surface area contributed by atoms with E-state index in [1.807, 2.05) is 20.8 Å². The summed E-state index contributed by atoms with van der Waals surface area (Å²) in [6.45, 7) is 15.1. The van der Waals surface area contributed by atoms with Gasteiger partial charge < -0.3 is 19.1 Å². The highest BCUT2D eigenvalue weighted by Gasteiger charge is 2.78. The molecule has 4 atom stereocenters. The number of pyridine rings is 1. The molecule has 47 heavy (non-hydrogen) atoms. The molecule has 1 aromatic heterocycles. The summed E-state index contributed by atoms with van der Waals surface area (Å²) < 4.78 is 18.3. The van der Waals surface area contributed by atoms with Crippen LogP contribution in [-0.2, 0) is 33.8 Å². The largest absolute Gasteiger partial charge is 0.476 e. The number of aromatic nitrogens is 1. The van der Waals surface area contributed by atoms with Gasteiger partial charge in [-0.3, -0.25) is 14.6 Å². The number of hydrogen-bond acceptors (Lipinski definition) is 9. The number of esters is 1. The first-order chi connectivity index (χ1) is 22.7. The Morgan fingerprint density at radius 3 is 2.53 bits per heavy atom. The Hall–Kier alpha value is -3.19. The molecule has 3 aliphatic heterocycles. The van der Waals surface area contributed by atoms with Crippen molar-refractivity contribution >= 4 is 11.8 Å². The third kappa shape index (κ3) is 5.70. The van der Waals surface area contributed by atoms with Gasteiger partial charge in [-0.25, -0.2) is 0 Å². The Balaban J connectivity index is 1.09. The number of piperidine rings is 1. The summed E-state index contributed by atoms with van der Waals surface area (Å²) in [4.78, 5) is 26.3. The zero-order valence-electron chi connectivity index (χ0n) is 28.3. The number of nitrogens with zero attached hydrogens (tertiary/aromatic N) is 5. The average Bonchev–Trinajstić information content (AvgIpc) is 3.92. The number of rotatable bonds is 9. The summed E-state index contributed by atoms with van der Waals surface area (Å²) in [6, 6.07) is 13.1. The summed E-state index contributed by atoms with van der Waals surface area (Å²) in [7, 11) is 0. The lowest BCUT2D eigenvalue weighted by Gasteiger charge is -2.40. The minimum Gasteiger partial charge on any atom is -0.476 e. The quantitative estimate of drug-likeness (QED) is 0.359. The van der Waals surface area contributed by atoms with Crippen molar-refractivity contribution in [1.29, 1.82) is 5.26 Å². The topological polar surface area (TPSA) is 91.2 Å². The molecule has 8 rings (SSSR count). The molecule has 2 saturated heterocycles. The van der Waals surface area contributed by atoms with Crippen molar-refractivity contribution in [2.75, 3.05) is 64.0 Å². The van der Waals surface area contributed by atoms with E-state index in [0.29, 0.717) is 36.4 Å². The lowest BCUT2D eigenvalue weighted by atomic mass is 9.83. The van der Waals surface area contributed by atoms with Crippen molar-refractivity contribution in [3.05, 3.63) is 52.6 Å². The van der Waals surface area contributed by atoms with Gasteiger partial charge in [-0.1, -0.05) is 30.3 Å². The fourth-order valence-corrected chi connectivity index (χ4v) is 9.42. The summed E-state index contributed by atoms with van der Waals surface area (Å²) in [5, 5.41) is 10.6. The van der Waals surface area contributed by atoms with E-state index in [1.54, 1.807) is 0 Å². The van der Waals surface area contributed by atoms with Crippen molar-refractivity contribution in [3.63, 3.8) is 0 Å². The summed E-state index contributed by atoms with van der Waals surface area (Å²) in [6.07, 6.45) is 5.27. The maximum Gasteiger partial charge on any atom is 0.313 e. The normalized spacial score (nSPS) is 29.4. The Bertz CT molecular complexity index is 1560. The summed E-state index contributed by atoms with van der Waals surface area (Å²) >= 11 is 0. The van der Waals surface area contributed by atoms with Gasteiger partial charge in [-0.05, 0) is 81.8 Å². The molecule has 250 valence electrons. The lowest BCUT2D eigenvalue weighted by molar-refractivity contribution is -0.165. The summed E-state index contributed by atoms with van der Waals surface area (Å²) in [5.74, 6) is 2.42. The lowest BCUT2D eigenvalue weighted by Crippen LogP contribution is -2.47. The van der Waals surface area contributed by atoms with Crippen LogP contribution >= 0.6 is 0 Å². The highest BCUT2D eigenvalue weighted by Crippen LogP contribution is 2.73. The van der Waals surface area contributed by atoms with E-state index in [4.69, 9.17) is 19.2 Å². The molecule has 0 spiro atoms. The minimum absolute atomic E-state index is 0.00698. The molecule has 4 heterocycles. The molecular formula is C38H49N5O4. The standard InChI is InChI=1S/C38H49N5O4/c1-36(2,3)47-35(44)38-27-9-10-31(38)32(38)23-43(21-27)33-28-11-14-42(20-26-7-5-4-6-8-26)22-30(28)29(19-39)34(40-33)46-25-37(12-13-37)24-41-15-17-45-18-16-41/h4-8,27,31-32H,9-18,20-25H2,1-3H3/t27-,31+,32+,38?/m1/s1. The van der Waals surface area contributed by atoms with Gasteiger partial charge >= 0.3 is 5.97 Å². The number of ether oxygens (including phenoxy) is 3. The molecule has 1 unspecified atom stereocenters. The molecule has 1 aromatic carbocycles. The second-order valence-electron chi connectivity index (χ2n) is 16.1. The van der Waals surface area contributed by atoms with Gasteiger partial charge in [0, 0.05) is 63.3 Å². The molecule has 0 amide bonds. The minimum atomic E-state index is -0.484. The Kier molecular flexibility index (Phi) is 7.77. The maximum absolute atomic E-state index is 13.6. The number of morpholine rings is 1. The molecule has 0 radical (unpaired) electrons. The van der Waals surface area contributed by atoms with Crippen LogP contribution in [0.3, 0.4) is 0 Å². The molecule has 2 aromatic rings. The van der Waals surface area contributed by atoms with E-state index in [1.165, 1.54) is 11.1 Å². The number of carbonyl (C=O) groups excluding carboxylic acids is 1. The fourth-order valence-electron chi connectivity index (χ4n) is 9.42. The van der Waals surface area contributed by atoms with Crippen molar-refractivity contribution in [2.45, 2.75) is 71.6 Å². The fraction of sp³-hybridized carbons (Fsp3) is 0.658. The van der Waals surface area contributed by atoms with E-state index < -0.39 is 5.60 Å². The van der Waals surface area contributed by atoms with Crippen molar-refractivity contribution in [3.8, 4) is 11.9 Å². The van der Waals surface area contributed by atoms with Crippen LogP contribution in [-0.4, -0.2) is 85.4 Å². The predicted octanol–water partition coefficient (Wildman–Crippen LogP) is 4.81. The second-order valence-corrected chi connectivity index (χ2v) is 16.1. The monoisotopic (exact) mass is 639 g/mol. The van der Waals surface area contributed by atoms with Crippen LogP contribution in [0.5, 0.6) is 5.88 Å². The van der Waals surface area contributed by atoms with Crippen LogP contribution in [0, 0.1) is 39.9 Å². The van der Waals surface area contributed by atoms with Crippen LogP contribution in [0.25, 0.3) is 0 Å². The highest BCUT2D eigenvalue weighted by molar-refractivity contribution is 5.84. The predicted molar refractivity (Wildman–Crippen MR) is 178 cm³/mol. The van der Waals surface area contributed by atoms with E-state index in [9.17, 15) is 10.1 Å². The first-order valence-electron chi connectivity index (χ1n) is 17.8. The second kappa shape index (κ2) is 11.7. The first kappa shape index (κ1) is 31.1.